The summed E-state index contributed by atoms with van der Waals surface area (Å²) in [6.45, 7) is 0. The van der Waals surface area contributed by atoms with Crippen molar-refractivity contribution < 1.29 is 4.79 Å². The van der Waals surface area contributed by atoms with E-state index in [-0.39, 0.29) is 12.2 Å². The van der Waals surface area contributed by atoms with Crippen LogP contribution < -0.4 is 0 Å². The summed E-state index contributed by atoms with van der Waals surface area (Å²) in [6.07, 6.45) is 3.62. The van der Waals surface area contributed by atoms with E-state index in [0.717, 1.165) is 8.95 Å². The van der Waals surface area contributed by atoms with E-state index in [1.165, 1.54) is 0 Å². The number of H-pyrrole nitrogens is 1. The van der Waals surface area contributed by atoms with E-state index < -0.39 is 0 Å². The van der Waals surface area contributed by atoms with Crippen LogP contribution in [0.25, 0.3) is 0 Å². The predicted octanol–water partition coefficient (Wildman–Crippen LogP) is 3.36. The Hall–Kier alpha value is -0.940. The summed E-state index contributed by atoms with van der Waals surface area (Å²) in [6, 6.07) is 5.53. The minimum Gasteiger partial charge on any atom is -0.348 e. The van der Waals surface area contributed by atoms with Crippen molar-refractivity contribution in [1.82, 2.24) is 9.97 Å². The molecule has 16 heavy (non-hydrogen) atoms. The number of hydrogen-bond acceptors (Lipinski definition) is 2. The van der Waals surface area contributed by atoms with Gasteiger partial charge < -0.3 is 4.98 Å². The fourth-order valence-corrected chi connectivity index (χ4v) is 2.18. The van der Waals surface area contributed by atoms with Crippen LogP contribution in [0.5, 0.6) is 0 Å². The lowest BCUT2D eigenvalue weighted by atomic mass is 10.1. The molecule has 1 aromatic carbocycles. The van der Waals surface area contributed by atoms with Crippen molar-refractivity contribution in [1.29, 1.82) is 0 Å². The maximum Gasteiger partial charge on any atom is 0.171 e. The van der Waals surface area contributed by atoms with E-state index in [1.54, 1.807) is 18.5 Å². The van der Waals surface area contributed by atoms with Crippen molar-refractivity contribution in [3.05, 3.63) is 50.9 Å². The normalized spacial score (nSPS) is 10.4. The van der Waals surface area contributed by atoms with Gasteiger partial charge in [0.25, 0.3) is 0 Å². The second-order valence-corrected chi connectivity index (χ2v) is 5.03. The maximum atomic E-state index is 12.0. The average Bonchev–Trinajstić information content (AvgIpc) is 2.74. The first kappa shape index (κ1) is 11.5. The van der Waals surface area contributed by atoms with Gasteiger partial charge in [-0.25, -0.2) is 4.98 Å². The van der Waals surface area contributed by atoms with Crippen LogP contribution >= 0.6 is 31.9 Å². The lowest BCUT2D eigenvalue weighted by molar-refractivity contribution is 0.0990. The molecule has 82 valence electrons. The first-order chi connectivity index (χ1) is 7.66. The zero-order valence-corrected chi connectivity index (χ0v) is 11.4. The molecule has 0 aliphatic heterocycles. The lowest BCUT2D eigenvalue weighted by Crippen LogP contribution is -2.05. The number of carbonyl (C=O) groups excluding carboxylic acids is 1. The Morgan fingerprint density at radius 2 is 2.19 bits per heavy atom. The number of aromatic nitrogens is 2. The second kappa shape index (κ2) is 4.93. The number of ketones is 1. The SMILES string of the molecule is O=C(Cc1ncc[nH]1)c1cc(Br)ccc1Br. The predicted molar refractivity (Wildman–Crippen MR) is 68.5 cm³/mol. The Morgan fingerprint density at radius 1 is 1.38 bits per heavy atom. The standard InChI is InChI=1S/C11H8Br2N2O/c12-7-1-2-9(13)8(5-7)10(16)6-11-14-3-4-15-11/h1-5H,6H2,(H,14,15). The van der Waals surface area contributed by atoms with Gasteiger partial charge in [-0.2, -0.15) is 0 Å². The molecule has 1 N–H and O–H groups in total. The molecule has 2 rings (SSSR count). The third-order valence-electron chi connectivity index (χ3n) is 2.11. The summed E-state index contributed by atoms with van der Waals surface area (Å²) in [5, 5.41) is 0. The van der Waals surface area contributed by atoms with Gasteiger partial charge in [0.2, 0.25) is 0 Å². The van der Waals surface area contributed by atoms with Crippen molar-refractivity contribution in [3.8, 4) is 0 Å². The molecule has 5 heteroatoms. The first-order valence-corrected chi connectivity index (χ1v) is 6.22. The molecular weight excluding hydrogens is 336 g/mol. The number of nitrogens with zero attached hydrogens (tertiary/aromatic N) is 1. The van der Waals surface area contributed by atoms with Crippen LogP contribution in [0.15, 0.2) is 39.5 Å². The van der Waals surface area contributed by atoms with E-state index in [1.807, 2.05) is 12.1 Å². The highest BCUT2D eigenvalue weighted by atomic mass is 79.9. The molecule has 0 aliphatic carbocycles. The van der Waals surface area contributed by atoms with Gasteiger partial charge in [0.05, 0.1) is 6.42 Å². The topological polar surface area (TPSA) is 45.8 Å². The largest absolute Gasteiger partial charge is 0.348 e. The van der Waals surface area contributed by atoms with Crippen molar-refractivity contribution in [2.45, 2.75) is 6.42 Å². The number of Topliss-reactive ketones (excluding diaryl/α,β-unsaturated/α-hetero) is 1. The van der Waals surface area contributed by atoms with Crippen molar-refractivity contribution in [2.75, 3.05) is 0 Å². The van der Waals surface area contributed by atoms with Gasteiger partial charge in [0.1, 0.15) is 5.82 Å². The van der Waals surface area contributed by atoms with Gasteiger partial charge in [-0.1, -0.05) is 31.9 Å². The van der Waals surface area contributed by atoms with Crippen molar-refractivity contribution >= 4 is 37.6 Å². The first-order valence-electron chi connectivity index (χ1n) is 4.63. The van der Waals surface area contributed by atoms with Crippen LogP contribution in [0.3, 0.4) is 0 Å². The molecular formula is C11H8Br2N2O. The van der Waals surface area contributed by atoms with Crippen LogP contribution in [0.1, 0.15) is 16.2 Å². The quantitative estimate of drug-likeness (QED) is 0.868. The summed E-state index contributed by atoms with van der Waals surface area (Å²) in [7, 11) is 0. The van der Waals surface area contributed by atoms with Gasteiger partial charge in [-0.15, -0.1) is 0 Å². The summed E-state index contributed by atoms with van der Waals surface area (Å²) in [5.74, 6) is 0.708. The molecule has 1 aromatic heterocycles. The van der Waals surface area contributed by atoms with E-state index >= 15 is 0 Å². The van der Waals surface area contributed by atoms with Crippen molar-refractivity contribution in [2.24, 2.45) is 0 Å². The number of nitrogens with one attached hydrogen (secondary N) is 1. The highest BCUT2D eigenvalue weighted by molar-refractivity contribution is 9.11. The van der Waals surface area contributed by atoms with Gasteiger partial charge in [-0.05, 0) is 18.2 Å². The third kappa shape index (κ3) is 2.59. The van der Waals surface area contributed by atoms with Gasteiger partial charge in [-0.3, -0.25) is 4.79 Å². The Kier molecular flexibility index (Phi) is 3.56. The van der Waals surface area contributed by atoms with Gasteiger partial charge in [0, 0.05) is 26.9 Å². The Morgan fingerprint density at radius 3 is 2.88 bits per heavy atom. The number of carbonyl (C=O) groups is 1. The lowest BCUT2D eigenvalue weighted by Gasteiger charge is -2.03. The Labute approximate surface area is 110 Å². The second-order valence-electron chi connectivity index (χ2n) is 3.26. The maximum absolute atomic E-state index is 12.0. The fourth-order valence-electron chi connectivity index (χ4n) is 1.35. The molecule has 0 fully saturated rings. The van der Waals surface area contributed by atoms with Crippen molar-refractivity contribution in [3.63, 3.8) is 0 Å². The summed E-state index contributed by atoms with van der Waals surface area (Å²) >= 11 is 6.71. The monoisotopic (exact) mass is 342 g/mol. The molecule has 0 atom stereocenters. The van der Waals surface area contributed by atoms with Crippen LogP contribution in [-0.4, -0.2) is 15.8 Å². The number of rotatable bonds is 3. The smallest absolute Gasteiger partial charge is 0.171 e. The zero-order valence-electron chi connectivity index (χ0n) is 8.21. The number of aromatic amines is 1. The molecule has 0 spiro atoms. The van der Waals surface area contributed by atoms with Crippen LogP contribution in [-0.2, 0) is 6.42 Å². The van der Waals surface area contributed by atoms with E-state index in [0.29, 0.717) is 11.4 Å². The van der Waals surface area contributed by atoms with Crippen LogP contribution in [0, 0.1) is 0 Å². The number of halogens is 2. The zero-order chi connectivity index (χ0) is 11.5. The molecule has 0 bridgehead atoms. The van der Waals surface area contributed by atoms with Crippen LogP contribution in [0.4, 0.5) is 0 Å². The van der Waals surface area contributed by atoms with Gasteiger partial charge >= 0.3 is 0 Å². The van der Waals surface area contributed by atoms with E-state index in [2.05, 4.69) is 41.8 Å². The van der Waals surface area contributed by atoms with E-state index in [4.69, 9.17) is 0 Å². The number of hydrogen-bond donors (Lipinski definition) is 1. The number of imidazole rings is 1. The summed E-state index contributed by atoms with van der Waals surface area (Å²) < 4.78 is 1.69. The molecule has 0 radical (unpaired) electrons. The summed E-state index contributed by atoms with van der Waals surface area (Å²) in [4.78, 5) is 18.9. The minimum atomic E-state index is 0.0307. The molecule has 2 aromatic rings. The molecule has 0 aliphatic rings. The number of benzene rings is 1. The van der Waals surface area contributed by atoms with E-state index in [9.17, 15) is 4.79 Å². The minimum absolute atomic E-state index is 0.0307. The molecule has 1 heterocycles. The summed E-state index contributed by atoms with van der Waals surface area (Å²) in [5.41, 5.74) is 0.658. The Bertz CT molecular complexity index is 509. The third-order valence-corrected chi connectivity index (χ3v) is 3.30. The van der Waals surface area contributed by atoms with Crippen LogP contribution in [0.2, 0.25) is 0 Å². The molecule has 0 unspecified atom stereocenters. The molecule has 0 saturated carbocycles. The molecule has 0 saturated heterocycles. The van der Waals surface area contributed by atoms with Gasteiger partial charge in [0.15, 0.2) is 5.78 Å². The molecule has 0 amide bonds. The highest BCUT2D eigenvalue weighted by Gasteiger charge is 2.12. The highest BCUT2D eigenvalue weighted by Crippen LogP contribution is 2.22. The molecule has 3 nitrogen and oxygen atoms in total. The Balaban J connectivity index is 2.24. The average molecular weight is 344 g/mol. The fraction of sp³-hybridized carbons (Fsp3) is 0.0909.